The molecule has 0 amide bonds. The fourth-order valence-corrected chi connectivity index (χ4v) is 14.2. The first kappa shape index (κ1) is 78.5. The minimum Gasteiger partial charge on any atom is -0.497 e. The largest absolute Gasteiger partial charge is 0.497 e. The number of aryl methyl sites for hydroxylation is 1. The van der Waals surface area contributed by atoms with Gasteiger partial charge < -0.3 is 44.6 Å². The number of para-hydroxylation sites is 1. The molecule has 3 unspecified atom stereocenters. The van der Waals surface area contributed by atoms with Crippen molar-refractivity contribution in [1.82, 2.24) is 18.7 Å². The Kier molecular flexibility index (Phi) is 25.0. The highest BCUT2D eigenvalue weighted by Gasteiger charge is 2.41. The van der Waals surface area contributed by atoms with Crippen LogP contribution in [0.1, 0.15) is 131 Å². The number of hydrogen-bond acceptors (Lipinski definition) is 11. The molecule has 23 heteroatoms. The van der Waals surface area contributed by atoms with Crippen molar-refractivity contribution in [1.29, 1.82) is 0 Å². The van der Waals surface area contributed by atoms with Gasteiger partial charge in [-0.2, -0.15) is 0 Å². The van der Waals surface area contributed by atoms with Crippen molar-refractivity contribution in [3.8, 4) is 5.75 Å². The molecule has 5 heterocycles. The van der Waals surface area contributed by atoms with Crippen LogP contribution in [0.2, 0.25) is 5.02 Å². The Balaban J connectivity index is 0.000000145. The van der Waals surface area contributed by atoms with E-state index in [2.05, 4.69) is 17.6 Å². The van der Waals surface area contributed by atoms with Gasteiger partial charge in [-0.25, -0.2) is 4.39 Å². The lowest BCUT2D eigenvalue weighted by Gasteiger charge is -2.35. The van der Waals surface area contributed by atoms with Crippen molar-refractivity contribution in [2.45, 2.75) is 82.6 Å². The molecule has 6 N–H and O–H groups in total. The SMILES string of the molecule is C=Cc1cccc2c3c([nH]c12)C(CC)(CC(=O)O)OCC3.CC1=C(CC(=O)O)c2cc(F)ccc2/C1=C\c1ccc(S(C)=O)cc1.COc1ccc2c(c1)c(CC(=O)O)cn2C(=O)c1ccc(Cl)cc1.Cc1ccc(C(=O)c2ccc(CC(=O)O)n2C)cc1.O=C(O)C1Cc2ccn(C(=O)c3ccccc3)c2C1. The first-order valence-electron chi connectivity index (χ1n) is 34.3. The second-order valence-electron chi connectivity index (χ2n) is 26.0. The summed E-state index contributed by atoms with van der Waals surface area (Å²) in [6, 6.07) is 51.2. The van der Waals surface area contributed by atoms with Crippen LogP contribution in [0.3, 0.4) is 0 Å². The Hall–Kier alpha value is -12.1. The van der Waals surface area contributed by atoms with E-state index in [1.54, 1.807) is 132 Å². The molecule has 0 spiro atoms. The van der Waals surface area contributed by atoms with Crippen LogP contribution in [0, 0.1) is 18.7 Å². The highest BCUT2D eigenvalue weighted by atomic mass is 35.5. The maximum Gasteiger partial charge on any atom is 0.309 e. The monoisotopic (exact) mass is 1500 g/mol. The number of carboxylic acids is 5. The molecule has 0 saturated carbocycles. The number of methoxy groups -OCH3 is 1. The maximum absolute atomic E-state index is 13.7. The summed E-state index contributed by atoms with van der Waals surface area (Å²) in [5, 5.41) is 47.7. The van der Waals surface area contributed by atoms with Gasteiger partial charge >= 0.3 is 29.8 Å². The summed E-state index contributed by atoms with van der Waals surface area (Å²) in [6.45, 7) is 10.2. The number of fused-ring (bicyclic) bond motifs is 6. The van der Waals surface area contributed by atoms with Crippen LogP contribution in [-0.2, 0) is 84.3 Å². The maximum atomic E-state index is 13.7. The number of aromatic amines is 1. The molecule has 0 radical (unpaired) electrons. The summed E-state index contributed by atoms with van der Waals surface area (Å²) in [6.07, 6.45) is 10.6. The molecule has 554 valence electrons. The Morgan fingerprint density at radius 3 is 2.01 bits per heavy atom. The number of hydrogen-bond donors (Lipinski definition) is 6. The summed E-state index contributed by atoms with van der Waals surface area (Å²) in [7, 11) is 2.21. The third-order valence-electron chi connectivity index (χ3n) is 19.1. The molecule has 20 nitrogen and oxygen atoms in total. The van der Waals surface area contributed by atoms with Crippen LogP contribution in [0.15, 0.2) is 205 Å². The zero-order chi connectivity index (χ0) is 77.8. The van der Waals surface area contributed by atoms with E-state index in [4.69, 9.17) is 41.5 Å². The fraction of sp³-hybridized carbons (Fsp3) is 0.200. The Morgan fingerprint density at radius 1 is 0.713 bits per heavy atom. The standard InChI is InChI=1S/C20H17FO3S.C18H14ClNO4.C17H19NO3.C15H13NO3.C15H15NO3/c1-12-17(9-13-3-6-15(7-4-13)25(2)24)16-8-5-14(21)10-19(16)18(12)11-20(22)23;1-24-14-6-7-16-15(9-14)12(8-17(21)22)10-20(16)18(23)11-2-4-13(19)5-3-11;1-3-11-6-5-7-12-13-8-9-21-17(4-2,10-14(19)20)16(13)18-15(11)12;17-14(10-4-2-1-3-5-10)16-7-6-11-8-12(15(18)19)9-13(11)16;1-10-3-5-11(6-4-10)15(19)13-8-7-12(16(13)2)9-14(17)18/h3-10H,11H2,1-2H3,(H,22,23);2-7,9-10H,8H2,1H3,(H,21,22);3,5-7,18H,1,4,8-10H2,2H3,(H,19,20);1-7,12H,8-9H2,(H,18,19);3-8H,9H2,1-2H3,(H,17,18)/b17-9-;;;;. The van der Waals surface area contributed by atoms with E-state index in [1.807, 2.05) is 93.6 Å². The zero-order valence-corrected chi connectivity index (χ0v) is 61.5. The van der Waals surface area contributed by atoms with E-state index in [9.17, 15) is 52.1 Å². The number of ketones is 1. The van der Waals surface area contributed by atoms with Gasteiger partial charge in [-0.3, -0.25) is 51.7 Å². The Labute approximate surface area is 628 Å². The van der Waals surface area contributed by atoms with E-state index < -0.39 is 52.2 Å². The van der Waals surface area contributed by atoms with Crippen molar-refractivity contribution in [3.63, 3.8) is 0 Å². The lowest BCUT2D eigenvalue weighted by atomic mass is 9.86. The average Bonchev–Trinajstić information content (AvgIpc) is 1.56. The van der Waals surface area contributed by atoms with Gasteiger partial charge in [-0.1, -0.05) is 116 Å². The number of ether oxygens (including phenoxy) is 2. The van der Waals surface area contributed by atoms with E-state index in [-0.39, 0.29) is 49.1 Å². The molecule has 0 bridgehead atoms. The van der Waals surface area contributed by atoms with Crippen molar-refractivity contribution < 1.29 is 82.0 Å². The van der Waals surface area contributed by atoms with Crippen molar-refractivity contribution in [2.75, 3.05) is 20.0 Å². The number of carbonyl (C=O) groups excluding carboxylic acids is 3. The van der Waals surface area contributed by atoms with Gasteiger partial charge in [-0.05, 0) is 192 Å². The number of aromatic nitrogens is 4. The van der Waals surface area contributed by atoms with Crippen LogP contribution in [-0.4, -0.2) is 116 Å². The number of benzene rings is 7. The lowest BCUT2D eigenvalue weighted by molar-refractivity contribution is -0.149. The first-order valence-corrected chi connectivity index (χ1v) is 36.2. The smallest absolute Gasteiger partial charge is 0.309 e. The highest BCUT2D eigenvalue weighted by molar-refractivity contribution is 7.84. The predicted molar refractivity (Wildman–Crippen MR) is 412 cm³/mol. The molecular formula is C85H78ClFN4O16S. The molecule has 0 saturated heterocycles. The van der Waals surface area contributed by atoms with Gasteiger partial charge in [-0.15, -0.1) is 0 Å². The molecule has 11 aromatic rings. The summed E-state index contributed by atoms with van der Waals surface area (Å²) in [5.41, 5.74) is 15.0. The number of rotatable bonds is 18. The van der Waals surface area contributed by atoms with Gasteiger partial charge in [0.2, 0.25) is 5.78 Å². The van der Waals surface area contributed by atoms with Crippen LogP contribution in [0.4, 0.5) is 4.39 Å². The van der Waals surface area contributed by atoms with Crippen LogP contribution >= 0.6 is 11.6 Å². The number of carboxylic acid groups (broad SMARTS) is 5. The average molecular weight is 1500 g/mol. The van der Waals surface area contributed by atoms with Crippen molar-refractivity contribution in [3.05, 3.63) is 295 Å². The lowest BCUT2D eigenvalue weighted by Crippen LogP contribution is -2.37. The van der Waals surface area contributed by atoms with E-state index in [0.717, 1.165) is 72.6 Å². The van der Waals surface area contributed by atoms with Crippen LogP contribution < -0.4 is 4.74 Å². The minimum absolute atomic E-state index is 0.0211. The fourth-order valence-electron chi connectivity index (χ4n) is 13.5. The molecule has 3 atom stereocenters. The number of nitrogens with one attached hydrogen (secondary N) is 1. The molecule has 1 aliphatic heterocycles. The quantitative estimate of drug-likeness (QED) is 0.0435. The topological polar surface area (TPSA) is 304 Å². The normalized spacial score (nSPS) is 15.1. The second kappa shape index (κ2) is 34.4. The van der Waals surface area contributed by atoms with Crippen LogP contribution in [0.5, 0.6) is 5.75 Å². The molecule has 0 fully saturated rings. The van der Waals surface area contributed by atoms with E-state index in [1.165, 1.54) is 29.4 Å². The number of allylic oxidation sites excluding steroid dienone is 2. The van der Waals surface area contributed by atoms with Crippen LogP contribution in [0.25, 0.3) is 45.1 Å². The molecule has 4 aromatic heterocycles. The predicted octanol–water partition coefficient (Wildman–Crippen LogP) is 15.6. The van der Waals surface area contributed by atoms with Gasteiger partial charge in [0.25, 0.3) is 11.8 Å². The Bertz CT molecular complexity index is 5390. The second-order valence-corrected chi connectivity index (χ2v) is 27.8. The van der Waals surface area contributed by atoms with Gasteiger partial charge in [0, 0.05) is 91.7 Å². The van der Waals surface area contributed by atoms with E-state index in [0.29, 0.717) is 92.3 Å². The van der Waals surface area contributed by atoms with Gasteiger partial charge in [0.05, 0.1) is 67.7 Å². The van der Waals surface area contributed by atoms with Gasteiger partial charge in [0.15, 0.2) is 0 Å². The zero-order valence-electron chi connectivity index (χ0n) is 59.9. The van der Waals surface area contributed by atoms with E-state index >= 15 is 0 Å². The first-order chi connectivity index (χ1) is 51.6. The molecule has 2 aliphatic carbocycles. The minimum atomic E-state index is -1.04. The van der Waals surface area contributed by atoms with Crippen molar-refractivity contribution >= 4 is 115 Å². The molecule has 108 heavy (non-hydrogen) atoms. The summed E-state index contributed by atoms with van der Waals surface area (Å²) in [5.74, 6) is -5.09. The molecule has 7 aromatic carbocycles. The Morgan fingerprint density at radius 2 is 1.38 bits per heavy atom. The summed E-state index contributed by atoms with van der Waals surface area (Å²) < 4.78 is 40.9. The van der Waals surface area contributed by atoms with Crippen molar-refractivity contribution in [2.24, 2.45) is 13.0 Å². The number of H-pyrrole nitrogens is 1. The van der Waals surface area contributed by atoms with Gasteiger partial charge in [0.1, 0.15) is 17.2 Å². The number of nitrogens with zero attached hydrogens (tertiary/aromatic N) is 3. The summed E-state index contributed by atoms with van der Waals surface area (Å²) in [4.78, 5) is 96.9. The molecule has 14 rings (SSSR count). The highest BCUT2D eigenvalue weighted by Crippen LogP contribution is 2.45. The molecular weight excluding hydrogens is 1420 g/mol. The summed E-state index contributed by atoms with van der Waals surface area (Å²) >= 11 is 5.85. The number of carbonyl (C=O) groups is 8. The number of halogens is 2. The number of aliphatic carboxylic acids is 5. The molecule has 3 aliphatic rings. The third-order valence-corrected chi connectivity index (χ3v) is 20.3. The third kappa shape index (κ3) is 17.9.